The molecule has 1 unspecified atom stereocenters. The fraction of sp³-hybridized carbons (Fsp3) is 0.579. The third-order valence-corrected chi connectivity index (χ3v) is 5.58. The Bertz CT molecular complexity index is 642. The fourth-order valence-electron chi connectivity index (χ4n) is 4.15. The number of nitrogens with zero attached hydrogens (tertiary/aromatic N) is 4. The van der Waals surface area contributed by atoms with Crippen LogP contribution in [-0.4, -0.2) is 45.1 Å². The van der Waals surface area contributed by atoms with Crippen LogP contribution < -0.4 is 5.32 Å². The van der Waals surface area contributed by atoms with Gasteiger partial charge in [-0.05, 0) is 57.3 Å². The summed E-state index contributed by atoms with van der Waals surface area (Å²) < 4.78 is 1.85. The average molecular weight is 325 g/mol. The molecule has 1 atom stereocenters. The maximum absolute atomic E-state index is 4.15. The maximum Gasteiger partial charge on any atom is 0.0711 e. The first-order chi connectivity index (χ1) is 11.8. The van der Waals surface area contributed by atoms with E-state index >= 15 is 0 Å². The predicted octanol–water partition coefficient (Wildman–Crippen LogP) is 2.93. The Kier molecular flexibility index (Phi) is 4.63. The van der Waals surface area contributed by atoms with Crippen molar-refractivity contribution in [3.63, 3.8) is 0 Å². The van der Waals surface area contributed by atoms with E-state index < -0.39 is 0 Å². The van der Waals surface area contributed by atoms with Crippen LogP contribution in [0, 0.1) is 0 Å². The van der Waals surface area contributed by atoms with Gasteiger partial charge in [-0.25, -0.2) is 4.68 Å². The SMILES string of the molecule is CC(NC1CC(N2CCCCC2)C1)c1ccccc1-n1ccnn1. The highest BCUT2D eigenvalue weighted by Crippen LogP contribution is 2.31. The molecule has 4 rings (SSSR count). The minimum Gasteiger partial charge on any atom is -0.307 e. The van der Waals surface area contributed by atoms with E-state index in [9.17, 15) is 0 Å². The van der Waals surface area contributed by atoms with Crippen molar-refractivity contribution in [2.45, 2.75) is 57.2 Å². The van der Waals surface area contributed by atoms with Gasteiger partial charge in [0.2, 0.25) is 0 Å². The van der Waals surface area contributed by atoms with E-state index in [2.05, 4.69) is 51.7 Å². The van der Waals surface area contributed by atoms with Gasteiger partial charge < -0.3 is 10.2 Å². The van der Waals surface area contributed by atoms with Crippen LogP contribution in [0.2, 0.25) is 0 Å². The molecule has 2 aliphatic rings. The van der Waals surface area contributed by atoms with Gasteiger partial charge in [0, 0.05) is 18.1 Å². The zero-order chi connectivity index (χ0) is 16.4. The number of hydrogen-bond donors (Lipinski definition) is 1. The number of piperidine rings is 1. The van der Waals surface area contributed by atoms with Gasteiger partial charge in [-0.3, -0.25) is 0 Å². The normalized spacial score (nSPS) is 26.0. The third kappa shape index (κ3) is 3.23. The summed E-state index contributed by atoms with van der Waals surface area (Å²) in [5.41, 5.74) is 2.39. The summed E-state index contributed by atoms with van der Waals surface area (Å²) >= 11 is 0. The molecule has 128 valence electrons. The van der Waals surface area contributed by atoms with E-state index in [1.54, 1.807) is 6.20 Å². The summed E-state index contributed by atoms with van der Waals surface area (Å²) in [6.07, 6.45) is 10.4. The lowest BCUT2D eigenvalue weighted by atomic mass is 9.83. The summed E-state index contributed by atoms with van der Waals surface area (Å²) in [5, 5.41) is 11.9. The Labute approximate surface area is 144 Å². The van der Waals surface area contributed by atoms with Crippen LogP contribution >= 0.6 is 0 Å². The zero-order valence-electron chi connectivity index (χ0n) is 14.4. The van der Waals surface area contributed by atoms with Gasteiger partial charge in [0.05, 0.1) is 18.1 Å². The average Bonchev–Trinajstić information content (AvgIpc) is 3.13. The van der Waals surface area contributed by atoms with Crippen molar-refractivity contribution in [2.75, 3.05) is 13.1 Å². The molecule has 0 spiro atoms. The number of para-hydroxylation sites is 1. The Morgan fingerprint density at radius 1 is 1.12 bits per heavy atom. The summed E-state index contributed by atoms with van der Waals surface area (Å²) in [6, 6.07) is 10.2. The minimum atomic E-state index is 0.317. The Balaban J connectivity index is 1.37. The Hall–Kier alpha value is -1.72. The van der Waals surface area contributed by atoms with E-state index in [0.29, 0.717) is 12.1 Å². The summed E-state index contributed by atoms with van der Waals surface area (Å²) in [5.74, 6) is 0. The third-order valence-electron chi connectivity index (χ3n) is 5.58. The van der Waals surface area contributed by atoms with Crippen molar-refractivity contribution in [1.82, 2.24) is 25.2 Å². The molecular formula is C19H27N5. The monoisotopic (exact) mass is 325 g/mol. The first-order valence-electron chi connectivity index (χ1n) is 9.27. The molecule has 1 aliphatic heterocycles. The van der Waals surface area contributed by atoms with Gasteiger partial charge in [-0.15, -0.1) is 5.10 Å². The van der Waals surface area contributed by atoms with Crippen LogP contribution in [0.5, 0.6) is 0 Å². The molecule has 0 radical (unpaired) electrons. The fourth-order valence-corrected chi connectivity index (χ4v) is 4.15. The number of rotatable bonds is 5. The second-order valence-electron chi connectivity index (χ2n) is 7.21. The number of hydrogen-bond acceptors (Lipinski definition) is 4. The first kappa shape index (κ1) is 15.8. The number of aromatic nitrogens is 3. The lowest BCUT2D eigenvalue weighted by molar-refractivity contribution is 0.0749. The van der Waals surface area contributed by atoms with Crippen LogP contribution in [0.1, 0.15) is 50.6 Å². The van der Waals surface area contributed by atoms with Crippen molar-refractivity contribution < 1.29 is 0 Å². The predicted molar refractivity (Wildman–Crippen MR) is 95.1 cm³/mol. The van der Waals surface area contributed by atoms with Gasteiger partial charge in [0.1, 0.15) is 0 Å². The van der Waals surface area contributed by atoms with E-state index in [0.717, 1.165) is 11.7 Å². The first-order valence-corrected chi connectivity index (χ1v) is 9.27. The zero-order valence-corrected chi connectivity index (χ0v) is 14.4. The highest BCUT2D eigenvalue weighted by atomic mass is 15.4. The maximum atomic E-state index is 4.15. The largest absolute Gasteiger partial charge is 0.307 e. The molecule has 1 saturated carbocycles. The highest BCUT2D eigenvalue weighted by Gasteiger charge is 2.34. The molecule has 5 nitrogen and oxygen atoms in total. The molecule has 24 heavy (non-hydrogen) atoms. The van der Waals surface area contributed by atoms with Crippen LogP contribution in [0.4, 0.5) is 0 Å². The van der Waals surface area contributed by atoms with Crippen LogP contribution in [0.15, 0.2) is 36.7 Å². The molecule has 1 N–H and O–H groups in total. The lowest BCUT2D eigenvalue weighted by Gasteiger charge is -2.45. The summed E-state index contributed by atoms with van der Waals surface area (Å²) in [7, 11) is 0. The Morgan fingerprint density at radius 2 is 1.92 bits per heavy atom. The Morgan fingerprint density at radius 3 is 2.67 bits per heavy atom. The van der Waals surface area contributed by atoms with Crippen molar-refractivity contribution in [2.24, 2.45) is 0 Å². The molecule has 5 heteroatoms. The highest BCUT2D eigenvalue weighted by molar-refractivity contribution is 5.41. The summed E-state index contributed by atoms with van der Waals surface area (Å²) in [6.45, 7) is 4.87. The van der Waals surface area contributed by atoms with Gasteiger partial charge in [-0.1, -0.05) is 29.8 Å². The van der Waals surface area contributed by atoms with E-state index in [-0.39, 0.29) is 0 Å². The van der Waals surface area contributed by atoms with Crippen LogP contribution in [0.25, 0.3) is 5.69 Å². The molecule has 1 saturated heterocycles. The standard InChI is InChI=1S/C19H27N5/c1-15(18-7-3-4-8-19(18)24-12-9-20-22-24)21-16-13-17(14-16)23-10-5-2-6-11-23/h3-4,7-9,12,15-17,21H,2,5-6,10-11,13-14H2,1H3. The van der Waals surface area contributed by atoms with Gasteiger partial charge in [-0.2, -0.15) is 0 Å². The van der Waals surface area contributed by atoms with Crippen molar-refractivity contribution in [3.8, 4) is 5.69 Å². The van der Waals surface area contributed by atoms with E-state index in [4.69, 9.17) is 0 Å². The van der Waals surface area contributed by atoms with Crippen molar-refractivity contribution in [1.29, 1.82) is 0 Å². The molecule has 1 aromatic carbocycles. The van der Waals surface area contributed by atoms with E-state index in [1.807, 2.05) is 10.9 Å². The second kappa shape index (κ2) is 7.03. The quantitative estimate of drug-likeness (QED) is 0.918. The number of likely N-dealkylation sites (tertiary alicyclic amines) is 1. The van der Waals surface area contributed by atoms with Crippen LogP contribution in [-0.2, 0) is 0 Å². The second-order valence-corrected chi connectivity index (χ2v) is 7.21. The topological polar surface area (TPSA) is 46.0 Å². The smallest absolute Gasteiger partial charge is 0.0711 e. The molecule has 1 aliphatic carbocycles. The molecule has 2 fully saturated rings. The number of nitrogens with one attached hydrogen (secondary N) is 1. The molecular weight excluding hydrogens is 298 g/mol. The molecule has 2 aromatic rings. The van der Waals surface area contributed by atoms with Gasteiger partial charge in [0.25, 0.3) is 0 Å². The van der Waals surface area contributed by atoms with Gasteiger partial charge in [0.15, 0.2) is 0 Å². The van der Waals surface area contributed by atoms with E-state index in [1.165, 1.54) is 50.8 Å². The van der Waals surface area contributed by atoms with Crippen molar-refractivity contribution in [3.05, 3.63) is 42.2 Å². The van der Waals surface area contributed by atoms with Gasteiger partial charge >= 0.3 is 0 Å². The summed E-state index contributed by atoms with van der Waals surface area (Å²) in [4.78, 5) is 2.70. The molecule has 0 bridgehead atoms. The molecule has 1 aromatic heterocycles. The van der Waals surface area contributed by atoms with Crippen molar-refractivity contribution >= 4 is 0 Å². The lowest BCUT2D eigenvalue weighted by Crippen LogP contribution is -2.54. The molecule has 0 amide bonds. The number of benzene rings is 1. The minimum absolute atomic E-state index is 0.317. The van der Waals surface area contributed by atoms with Crippen LogP contribution in [0.3, 0.4) is 0 Å². The molecule has 2 heterocycles.